The number of methoxy groups -OCH3 is 1. The molecule has 2 heterocycles. The number of aromatic nitrogens is 5. The molecular formula is C20H25N9O2. The van der Waals surface area contributed by atoms with Gasteiger partial charge in [-0.2, -0.15) is 25.0 Å². The van der Waals surface area contributed by atoms with Crippen molar-refractivity contribution in [3.8, 4) is 11.6 Å². The molecule has 0 unspecified atom stereocenters. The molecule has 6 N–H and O–H groups in total. The summed E-state index contributed by atoms with van der Waals surface area (Å²) in [5.41, 5.74) is 13.3. The quantitative estimate of drug-likeness (QED) is 0.442. The van der Waals surface area contributed by atoms with Gasteiger partial charge in [0.2, 0.25) is 11.8 Å². The molecular weight excluding hydrogens is 398 g/mol. The molecule has 0 radical (unpaired) electrons. The third-order valence-electron chi connectivity index (χ3n) is 5.21. The van der Waals surface area contributed by atoms with Crippen molar-refractivity contribution in [1.29, 1.82) is 0 Å². The van der Waals surface area contributed by atoms with E-state index < -0.39 is 5.91 Å². The fourth-order valence-corrected chi connectivity index (χ4v) is 3.66. The number of primary amides is 1. The van der Waals surface area contributed by atoms with E-state index in [1.807, 2.05) is 24.3 Å². The molecule has 0 spiro atoms. The minimum Gasteiger partial charge on any atom is -0.480 e. The molecule has 2 atom stereocenters. The van der Waals surface area contributed by atoms with Gasteiger partial charge < -0.3 is 26.8 Å². The number of anilines is 3. The second-order valence-electron chi connectivity index (χ2n) is 7.34. The van der Waals surface area contributed by atoms with Crippen LogP contribution in [0.2, 0.25) is 0 Å². The van der Waals surface area contributed by atoms with E-state index in [2.05, 4.69) is 30.8 Å². The van der Waals surface area contributed by atoms with Gasteiger partial charge in [0.15, 0.2) is 5.82 Å². The molecule has 0 aliphatic heterocycles. The van der Waals surface area contributed by atoms with Crippen molar-refractivity contribution >= 4 is 23.4 Å². The van der Waals surface area contributed by atoms with E-state index in [0.717, 1.165) is 31.4 Å². The van der Waals surface area contributed by atoms with Gasteiger partial charge >= 0.3 is 0 Å². The number of nitrogens with one attached hydrogen (secondary N) is 2. The molecule has 1 fully saturated rings. The molecule has 1 saturated carbocycles. The van der Waals surface area contributed by atoms with E-state index in [-0.39, 0.29) is 29.3 Å². The topological polar surface area (TPSA) is 159 Å². The van der Waals surface area contributed by atoms with Crippen LogP contribution in [0.3, 0.4) is 0 Å². The number of hydrogen-bond donors (Lipinski definition) is 4. The number of rotatable bonds is 7. The van der Waals surface area contributed by atoms with Crippen LogP contribution >= 0.6 is 0 Å². The maximum atomic E-state index is 12.2. The van der Waals surface area contributed by atoms with E-state index in [1.165, 1.54) is 11.9 Å². The fourth-order valence-electron chi connectivity index (χ4n) is 3.66. The van der Waals surface area contributed by atoms with E-state index >= 15 is 0 Å². The van der Waals surface area contributed by atoms with Gasteiger partial charge in [-0.3, -0.25) is 4.79 Å². The van der Waals surface area contributed by atoms with E-state index in [4.69, 9.17) is 16.2 Å². The molecule has 3 aromatic rings. The Kier molecular flexibility index (Phi) is 5.94. The summed E-state index contributed by atoms with van der Waals surface area (Å²) in [6.07, 6.45) is 7.24. The summed E-state index contributed by atoms with van der Waals surface area (Å²) in [6.45, 7) is 0. The molecule has 2 aromatic heterocycles. The number of carbonyl (C=O) groups is 1. The van der Waals surface area contributed by atoms with Crippen molar-refractivity contribution in [3.05, 3.63) is 42.2 Å². The van der Waals surface area contributed by atoms with Crippen LogP contribution in [0.1, 0.15) is 36.0 Å². The van der Waals surface area contributed by atoms with Crippen LogP contribution < -0.4 is 26.8 Å². The molecule has 1 aliphatic carbocycles. The number of hydrogen-bond acceptors (Lipinski definition) is 9. The van der Waals surface area contributed by atoms with Crippen molar-refractivity contribution in [2.45, 2.75) is 37.8 Å². The van der Waals surface area contributed by atoms with Crippen LogP contribution in [-0.4, -0.2) is 50.1 Å². The second-order valence-corrected chi connectivity index (χ2v) is 7.34. The highest BCUT2D eigenvalue weighted by Gasteiger charge is 2.25. The Bertz CT molecular complexity index is 1050. The highest BCUT2D eigenvalue weighted by molar-refractivity contribution is 6.00. The van der Waals surface area contributed by atoms with Gasteiger partial charge in [-0.1, -0.05) is 18.9 Å². The Morgan fingerprint density at radius 2 is 1.97 bits per heavy atom. The van der Waals surface area contributed by atoms with Gasteiger partial charge in [0.05, 0.1) is 25.2 Å². The van der Waals surface area contributed by atoms with Crippen molar-refractivity contribution in [1.82, 2.24) is 25.0 Å². The molecule has 31 heavy (non-hydrogen) atoms. The lowest BCUT2D eigenvalue weighted by Gasteiger charge is -2.29. The number of nitrogens with two attached hydrogens (primary N) is 2. The van der Waals surface area contributed by atoms with Gasteiger partial charge in [0.1, 0.15) is 5.56 Å². The number of carbonyl (C=O) groups excluding carboxylic acids is 1. The lowest BCUT2D eigenvalue weighted by Crippen LogP contribution is -2.43. The predicted octanol–water partition coefficient (Wildman–Crippen LogP) is 1.59. The van der Waals surface area contributed by atoms with Gasteiger partial charge in [-0.25, -0.2) is 0 Å². The summed E-state index contributed by atoms with van der Waals surface area (Å²) < 4.78 is 5.34. The van der Waals surface area contributed by atoms with E-state index in [1.54, 1.807) is 12.4 Å². The van der Waals surface area contributed by atoms with Gasteiger partial charge in [0, 0.05) is 17.8 Å². The SMILES string of the molecule is COc1nc(N[C@@H]2CCCC[C@@H]2N)nc(Nc2cccc(-n3nccn3)c2)c1C(N)=O. The minimum atomic E-state index is -0.704. The Balaban J connectivity index is 1.68. The van der Waals surface area contributed by atoms with Crippen LogP contribution in [0.5, 0.6) is 5.88 Å². The summed E-state index contributed by atoms with van der Waals surface area (Å²) in [6, 6.07) is 7.40. The third-order valence-corrected chi connectivity index (χ3v) is 5.21. The Labute approximate surface area is 179 Å². The lowest BCUT2D eigenvalue weighted by molar-refractivity contribution is 0.0997. The Morgan fingerprint density at radius 1 is 1.19 bits per heavy atom. The first-order chi connectivity index (χ1) is 15.0. The highest BCUT2D eigenvalue weighted by Crippen LogP contribution is 2.29. The summed E-state index contributed by atoms with van der Waals surface area (Å²) in [5.74, 6) is -0.0691. The number of ether oxygens (including phenoxy) is 1. The minimum absolute atomic E-state index is 0.00817. The van der Waals surface area contributed by atoms with Gasteiger partial charge in [-0.15, -0.1) is 0 Å². The van der Waals surface area contributed by atoms with Crippen molar-refractivity contribution < 1.29 is 9.53 Å². The van der Waals surface area contributed by atoms with E-state index in [9.17, 15) is 4.79 Å². The predicted molar refractivity (Wildman–Crippen MR) is 116 cm³/mol. The van der Waals surface area contributed by atoms with Crippen LogP contribution in [0.25, 0.3) is 5.69 Å². The van der Waals surface area contributed by atoms with Crippen molar-refractivity contribution in [3.63, 3.8) is 0 Å². The zero-order valence-electron chi connectivity index (χ0n) is 17.2. The molecule has 1 amide bonds. The first-order valence-corrected chi connectivity index (χ1v) is 10.1. The van der Waals surface area contributed by atoms with Crippen LogP contribution in [-0.2, 0) is 0 Å². The largest absolute Gasteiger partial charge is 0.480 e. The summed E-state index contributed by atoms with van der Waals surface area (Å²) in [4.78, 5) is 22.5. The molecule has 11 heteroatoms. The van der Waals surface area contributed by atoms with Crippen molar-refractivity contribution in [2.24, 2.45) is 11.5 Å². The fraction of sp³-hybridized carbons (Fsp3) is 0.350. The summed E-state index contributed by atoms with van der Waals surface area (Å²) in [7, 11) is 1.43. The third kappa shape index (κ3) is 4.56. The molecule has 1 aliphatic rings. The first kappa shape index (κ1) is 20.5. The molecule has 162 valence electrons. The maximum Gasteiger partial charge on any atom is 0.258 e. The molecule has 1 aromatic carbocycles. The maximum absolute atomic E-state index is 12.2. The number of nitrogens with zero attached hydrogens (tertiary/aromatic N) is 5. The first-order valence-electron chi connectivity index (χ1n) is 10.1. The number of benzene rings is 1. The van der Waals surface area contributed by atoms with Crippen LogP contribution in [0, 0.1) is 0 Å². The molecule has 4 rings (SSSR count). The Hall–Kier alpha value is -3.73. The summed E-state index contributed by atoms with van der Waals surface area (Å²) in [5, 5.41) is 14.7. The monoisotopic (exact) mass is 423 g/mol. The Morgan fingerprint density at radius 3 is 2.68 bits per heavy atom. The van der Waals surface area contributed by atoms with E-state index in [0.29, 0.717) is 11.6 Å². The standard InChI is InChI=1S/C20H25N9O2/c1-31-19-16(17(22)30)18(27-20(28-19)26-15-8-3-2-7-14(15)21)25-12-5-4-6-13(11-12)29-23-9-10-24-29/h4-6,9-11,14-15H,2-3,7-8,21H2,1H3,(H2,22,30)(H2,25,26,27,28)/t14-,15+/m0/s1. The zero-order chi connectivity index (χ0) is 21.8. The average Bonchev–Trinajstić information content (AvgIpc) is 3.30. The normalized spacial score (nSPS) is 18.4. The molecule has 0 saturated heterocycles. The number of amides is 1. The van der Waals surface area contributed by atoms with Crippen LogP contribution in [0.4, 0.5) is 17.5 Å². The van der Waals surface area contributed by atoms with Gasteiger partial charge in [-0.05, 0) is 31.0 Å². The molecule has 11 nitrogen and oxygen atoms in total. The highest BCUT2D eigenvalue weighted by atomic mass is 16.5. The summed E-state index contributed by atoms with van der Waals surface area (Å²) >= 11 is 0. The van der Waals surface area contributed by atoms with Gasteiger partial charge in [0.25, 0.3) is 5.91 Å². The lowest BCUT2D eigenvalue weighted by atomic mass is 9.91. The van der Waals surface area contributed by atoms with Crippen molar-refractivity contribution in [2.75, 3.05) is 17.7 Å². The average molecular weight is 423 g/mol. The van der Waals surface area contributed by atoms with Crippen LogP contribution in [0.15, 0.2) is 36.7 Å². The second kappa shape index (κ2) is 8.96. The molecule has 0 bridgehead atoms. The smallest absolute Gasteiger partial charge is 0.258 e. The zero-order valence-corrected chi connectivity index (χ0v) is 17.2.